The van der Waals surface area contributed by atoms with Crippen LogP contribution in [0.3, 0.4) is 0 Å². The number of hydrogen-bond acceptors (Lipinski definition) is 3. The summed E-state index contributed by atoms with van der Waals surface area (Å²) in [4.78, 5) is 14.2. The lowest BCUT2D eigenvalue weighted by Crippen LogP contribution is -2.58. The van der Waals surface area contributed by atoms with Crippen LogP contribution >= 0.6 is 0 Å². The first-order valence-corrected chi connectivity index (χ1v) is 8.18. The van der Waals surface area contributed by atoms with Gasteiger partial charge in [0.15, 0.2) is 0 Å². The molecule has 20 heavy (non-hydrogen) atoms. The molecule has 2 aliphatic carbocycles. The van der Waals surface area contributed by atoms with Crippen LogP contribution in [0.15, 0.2) is 0 Å². The van der Waals surface area contributed by atoms with Gasteiger partial charge >= 0.3 is 5.97 Å². The van der Waals surface area contributed by atoms with E-state index in [4.69, 9.17) is 0 Å². The predicted octanol–water partition coefficient (Wildman–Crippen LogP) is 2.48. The number of carboxylic acid groups (broad SMARTS) is 1. The van der Waals surface area contributed by atoms with Crippen molar-refractivity contribution in [3.8, 4) is 0 Å². The molecule has 0 radical (unpaired) electrons. The van der Waals surface area contributed by atoms with Gasteiger partial charge in [0.05, 0.1) is 0 Å². The normalized spacial score (nSPS) is 32.3. The lowest BCUT2D eigenvalue weighted by molar-refractivity contribution is -0.147. The number of hydrogen-bond donors (Lipinski definition) is 2. The van der Waals surface area contributed by atoms with Crippen molar-refractivity contribution in [3.05, 3.63) is 0 Å². The van der Waals surface area contributed by atoms with E-state index in [0.717, 1.165) is 45.1 Å². The van der Waals surface area contributed by atoms with Crippen molar-refractivity contribution in [3.63, 3.8) is 0 Å². The van der Waals surface area contributed by atoms with Gasteiger partial charge in [-0.05, 0) is 51.5 Å². The van der Waals surface area contributed by atoms with Gasteiger partial charge in [-0.25, -0.2) is 0 Å². The van der Waals surface area contributed by atoms with Crippen molar-refractivity contribution < 1.29 is 9.90 Å². The monoisotopic (exact) mass is 282 g/mol. The Labute approximate surface area is 122 Å². The van der Waals surface area contributed by atoms with E-state index >= 15 is 0 Å². The Morgan fingerprint density at radius 2 is 2.15 bits per heavy atom. The van der Waals surface area contributed by atoms with Gasteiger partial charge in [-0.15, -0.1) is 0 Å². The molecule has 4 heteroatoms. The molecule has 0 amide bonds. The van der Waals surface area contributed by atoms with Crippen LogP contribution in [0.25, 0.3) is 0 Å². The van der Waals surface area contributed by atoms with Crippen molar-refractivity contribution in [2.45, 2.75) is 76.4 Å². The molecular formula is C16H30N2O2. The van der Waals surface area contributed by atoms with Crippen LogP contribution in [0.5, 0.6) is 0 Å². The molecule has 3 atom stereocenters. The SMILES string of the molecule is CCC(C)CN(C)C1CCCC(NC2CC2)(C(=O)O)C1. The maximum atomic E-state index is 11.8. The third-order valence-electron chi connectivity index (χ3n) is 5.11. The highest BCUT2D eigenvalue weighted by Crippen LogP contribution is 2.35. The molecule has 0 aromatic heterocycles. The highest BCUT2D eigenvalue weighted by molar-refractivity contribution is 5.79. The first-order chi connectivity index (χ1) is 9.47. The summed E-state index contributed by atoms with van der Waals surface area (Å²) in [5, 5.41) is 13.1. The summed E-state index contributed by atoms with van der Waals surface area (Å²) in [5.41, 5.74) is -0.673. The molecule has 2 rings (SSSR count). The lowest BCUT2D eigenvalue weighted by atomic mass is 9.78. The molecule has 0 bridgehead atoms. The zero-order chi connectivity index (χ0) is 14.8. The van der Waals surface area contributed by atoms with Crippen molar-refractivity contribution in [1.29, 1.82) is 0 Å². The second-order valence-electron chi connectivity index (χ2n) is 7.01. The van der Waals surface area contributed by atoms with E-state index in [-0.39, 0.29) is 0 Å². The number of aliphatic carboxylic acids is 1. The van der Waals surface area contributed by atoms with Gasteiger partial charge in [0.1, 0.15) is 5.54 Å². The highest BCUT2D eigenvalue weighted by atomic mass is 16.4. The van der Waals surface area contributed by atoms with Gasteiger partial charge in [0, 0.05) is 18.6 Å². The Balaban J connectivity index is 1.99. The molecule has 2 N–H and O–H groups in total. The molecule has 0 saturated heterocycles. The zero-order valence-electron chi connectivity index (χ0n) is 13.2. The van der Waals surface area contributed by atoms with Crippen LogP contribution in [-0.4, -0.2) is 47.2 Å². The zero-order valence-corrected chi connectivity index (χ0v) is 13.2. The first kappa shape index (κ1) is 15.8. The molecule has 0 aliphatic heterocycles. The third-order valence-corrected chi connectivity index (χ3v) is 5.11. The number of carboxylic acids is 1. The number of nitrogens with zero attached hydrogens (tertiary/aromatic N) is 1. The van der Waals surface area contributed by atoms with Crippen LogP contribution in [0.1, 0.15) is 58.8 Å². The maximum absolute atomic E-state index is 11.8. The van der Waals surface area contributed by atoms with E-state index in [9.17, 15) is 9.90 Å². The first-order valence-electron chi connectivity index (χ1n) is 8.18. The summed E-state index contributed by atoms with van der Waals surface area (Å²) in [5.74, 6) is 0.0311. The Morgan fingerprint density at radius 3 is 2.70 bits per heavy atom. The molecule has 116 valence electrons. The Kier molecular flexibility index (Phi) is 5.08. The molecular weight excluding hydrogens is 252 g/mol. The number of carbonyl (C=O) groups is 1. The number of rotatable bonds is 7. The molecule has 0 aromatic rings. The minimum absolute atomic E-state index is 0.403. The van der Waals surface area contributed by atoms with E-state index in [1.54, 1.807) is 0 Å². The van der Waals surface area contributed by atoms with Gasteiger partial charge in [0.2, 0.25) is 0 Å². The molecule has 2 saturated carbocycles. The summed E-state index contributed by atoms with van der Waals surface area (Å²) in [6, 6.07) is 0.852. The van der Waals surface area contributed by atoms with Crippen molar-refractivity contribution >= 4 is 5.97 Å². The van der Waals surface area contributed by atoms with Gasteiger partial charge in [-0.1, -0.05) is 20.3 Å². The van der Waals surface area contributed by atoms with Crippen LogP contribution in [0, 0.1) is 5.92 Å². The minimum Gasteiger partial charge on any atom is -0.480 e. The summed E-state index contributed by atoms with van der Waals surface area (Å²) in [6.07, 6.45) is 7.15. The van der Waals surface area contributed by atoms with Gasteiger partial charge in [-0.3, -0.25) is 10.1 Å². The molecule has 2 aliphatic rings. The van der Waals surface area contributed by atoms with Crippen molar-refractivity contribution in [2.24, 2.45) is 5.92 Å². The van der Waals surface area contributed by atoms with Crippen molar-refractivity contribution in [2.75, 3.05) is 13.6 Å². The Morgan fingerprint density at radius 1 is 1.45 bits per heavy atom. The average Bonchev–Trinajstić information content (AvgIpc) is 3.22. The maximum Gasteiger partial charge on any atom is 0.323 e. The van der Waals surface area contributed by atoms with Gasteiger partial charge < -0.3 is 10.0 Å². The fourth-order valence-corrected chi connectivity index (χ4v) is 3.40. The number of nitrogens with one attached hydrogen (secondary N) is 1. The Bertz CT molecular complexity index is 343. The lowest BCUT2D eigenvalue weighted by Gasteiger charge is -2.42. The van der Waals surface area contributed by atoms with E-state index in [0.29, 0.717) is 18.0 Å². The fraction of sp³-hybridized carbons (Fsp3) is 0.938. The molecule has 0 spiro atoms. The quantitative estimate of drug-likeness (QED) is 0.753. The van der Waals surface area contributed by atoms with Crippen LogP contribution < -0.4 is 5.32 Å². The molecule has 3 unspecified atom stereocenters. The second-order valence-corrected chi connectivity index (χ2v) is 7.01. The van der Waals surface area contributed by atoms with Crippen molar-refractivity contribution in [1.82, 2.24) is 10.2 Å². The summed E-state index contributed by atoms with van der Waals surface area (Å²) in [7, 11) is 2.16. The van der Waals surface area contributed by atoms with E-state index in [2.05, 4.69) is 31.1 Å². The topological polar surface area (TPSA) is 52.6 Å². The predicted molar refractivity (Wildman–Crippen MR) is 80.9 cm³/mol. The third kappa shape index (κ3) is 3.73. The largest absolute Gasteiger partial charge is 0.480 e. The van der Waals surface area contributed by atoms with E-state index in [1.807, 2.05) is 0 Å². The van der Waals surface area contributed by atoms with Crippen LogP contribution in [0.4, 0.5) is 0 Å². The van der Waals surface area contributed by atoms with Gasteiger partial charge in [-0.2, -0.15) is 0 Å². The summed E-state index contributed by atoms with van der Waals surface area (Å²) < 4.78 is 0. The average molecular weight is 282 g/mol. The van der Waals surface area contributed by atoms with E-state index < -0.39 is 11.5 Å². The standard InChI is InChI=1S/C16H30N2O2/c1-4-12(2)11-18(3)14-6-5-9-16(10-14,15(19)20)17-13-7-8-13/h12-14,17H,4-11H2,1-3H3,(H,19,20). The highest BCUT2D eigenvalue weighted by Gasteiger charge is 2.46. The van der Waals surface area contributed by atoms with Crippen LogP contribution in [-0.2, 0) is 4.79 Å². The summed E-state index contributed by atoms with van der Waals surface area (Å²) >= 11 is 0. The Hall–Kier alpha value is -0.610. The molecule has 2 fully saturated rings. The fourth-order valence-electron chi connectivity index (χ4n) is 3.40. The van der Waals surface area contributed by atoms with Gasteiger partial charge in [0.25, 0.3) is 0 Å². The van der Waals surface area contributed by atoms with E-state index in [1.165, 1.54) is 6.42 Å². The molecule has 0 aromatic carbocycles. The summed E-state index contributed by atoms with van der Waals surface area (Å²) in [6.45, 7) is 5.56. The molecule has 4 nitrogen and oxygen atoms in total. The van der Waals surface area contributed by atoms with Crippen LogP contribution in [0.2, 0.25) is 0 Å². The molecule has 0 heterocycles. The smallest absolute Gasteiger partial charge is 0.323 e. The second kappa shape index (κ2) is 6.44. The minimum atomic E-state index is -0.673.